The highest BCUT2D eigenvalue weighted by atomic mass is 16.2. The van der Waals surface area contributed by atoms with Crippen LogP contribution in [-0.4, -0.2) is 55.0 Å². The lowest BCUT2D eigenvalue weighted by Gasteiger charge is -2.34. The lowest BCUT2D eigenvalue weighted by atomic mass is 10.1. The van der Waals surface area contributed by atoms with Crippen molar-refractivity contribution in [3.05, 3.63) is 29.3 Å². The zero-order valence-electron chi connectivity index (χ0n) is 13.5. The number of carbonyl (C=O) groups is 1. The summed E-state index contributed by atoms with van der Waals surface area (Å²) in [5, 5.41) is 3.39. The van der Waals surface area contributed by atoms with Crippen molar-refractivity contribution in [1.29, 1.82) is 0 Å². The van der Waals surface area contributed by atoms with Crippen LogP contribution in [0.2, 0.25) is 0 Å². The number of nitrogens with one attached hydrogen (secondary N) is 1. The Hall–Kier alpha value is -1.55. The number of aryl methyl sites for hydroxylation is 1. The van der Waals surface area contributed by atoms with Gasteiger partial charge < -0.3 is 15.1 Å². The van der Waals surface area contributed by atoms with Crippen LogP contribution in [-0.2, 0) is 4.79 Å². The molecule has 1 N–H and O–H groups in total. The fraction of sp³-hybridized carbons (Fsp3) is 0.588. The van der Waals surface area contributed by atoms with Gasteiger partial charge in [0.2, 0.25) is 5.91 Å². The van der Waals surface area contributed by atoms with Gasteiger partial charge >= 0.3 is 0 Å². The SMILES string of the molecule is CCN1CCN(C(=O)CCNc2cccc(C)c2C)CC1. The Morgan fingerprint density at radius 3 is 2.57 bits per heavy atom. The Morgan fingerprint density at radius 2 is 1.90 bits per heavy atom. The van der Waals surface area contributed by atoms with Crippen LogP contribution in [0.5, 0.6) is 0 Å². The van der Waals surface area contributed by atoms with Gasteiger partial charge in [-0.05, 0) is 37.6 Å². The molecule has 4 nitrogen and oxygen atoms in total. The second-order valence-electron chi connectivity index (χ2n) is 5.74. The van der Waals surface area contributed by atoms with E-state index < -0.39 is 0 Å². The van der Waals surface area contributed by atoms with E-state index in [1.165, 1.54) is 11.1 Å². The average molecular weight is 289 g/mol. The first-order valence-electron chi connectivity index (χ1n) is 7.92. The van der Waals surface area contributed by atoms with Crippen LogP contribution < -0.4 is 5.32 Å². The predicted octanol–water partition coefficient (Wildman–Crippen LogP) is 2.27. The van der Waals surface area contributed by atoms with Crippen molar-refractivity contribution in [2.75, 3.05) is 44.6 Å². The molecule has 1 saturated heterocycles. The number of carbonyl (C=O) groups excluding carboxylic acids is 1. The molecule has 0 radical (unpaired) electrons. The van der Waals surface area contributed by atoms with E-state index in [0.29, 0.717) is 13.0 Å². The first-order valence-corrected chi connectivity index (χ1v) is 7.92. The molecule has 116 valence electrons. The van der Waals surface area contributed by atoms with E-state index in [9.17, 15) is 4.79 Å². The molecule has 0 atom stereocenters. The number of rotatable bonds is 5. The number of hydrogen-bond acceptors (Lipinski definition) is 3. The summed E-state index contributed by atoms with van der Waals surface area (Å²) in [6, 6.07) is 6.24. The molecule has 0 unspecified atom stereocenters. The van der Waals surface area contributed by atoms with E-state index in [0.717, 1.165) is 38.4 Å². The fourth-order valence-electron chi connectivity index (χ4n) is 2.72. The van der Waals surface area contributed by atoms with E-state index in [-0.39, 0.29) is 5.91 Å². The standard InChI is InChI=1S/C17H27N3O/c1-4-19-10-12-20(13-11-19)17(21)8-9-18-16-7-5-6-14(2)15(16)3/h5-7,18H,4,8-13H2,1-3H3. The Balaban J connectivity index is 1.76. The van der Waals surface area contributed by atoms with Gasteiger partial charge in [-0.25, -0.2) is 0 Å². The van der Waals surface area contributed by atoms with Crippen molar-refractivity contribution in [3.8, 4) is 0 Å². The molecule has 0 saturated carbocycles. The average Bonchev–Trinajstić information content (AvgIpc) is 2.51. The fourth-order valence-corrected chi connectivity index (χ4v) is 2.72. The van der Waals surface area contributed by atoms with Crippen molar-refractivity contribution in [1.82, 2.24) is 9.80 Å². The highest BCUT2D eigenvalue weighted by molar-refractivity contribution is 5.77. The lowest BCUT2D eigenvalue weighted by Crippen LogP contribution is -2.48. The quantitative estimate of drug-likeness (QED) is 0.903. The topological polar surface area (TPSA) is 35.6 Å². The molecule has 0 spiro atoms. The maximum Gasteiger partial charge on any atom is 0.224 e. The molecule has 0 aliphatic carbocycles. The number of piperazine rings is 1. The summed E-state index contributed by atoms with van der Waals surface area (Å²) in [5.74, 6) is 0.267. The molecule has 2 rings (SSSR count). The van der Waals surface area contributed by atoms with Crippen LogP contribution in [0.1, 0.15) is 24.5 Å². The van der Waals surface area contributed by atoms with Gasteiger partial charge in [-0.3, -0.25) is 4.79 Å². The van der Waals surface area contributed by atoms with Crippen molar-refractivity contribution in [2.24, 2.45) is 0 Å². The van der Waals surface area contributed by atoms with Crippen molar-refractivity contribution >= 4 is 11.6 Å². The second-order valence-corrected chi connectivity index (χ2v) is 5.74. The highest BCUT2D eigenvalue weighted by Gasteiger charge is 2.19. The first kappa shape index (κ1) is 15.8. The zero-order chi connectivity index (χ0) is 15.2. The van der Waals surface area contributed by atoms with Gasteiger partial charge in [-0.15, -0.1) is 0 Å². The van der Waals surface area contributed by atoms with E-state index in [4.69, 9.17) is 0 Å². The summed E-state index contributed by atoms with van der Waals surface area (Å²) in [7, 11) is 0. The summed E-state index contributed by atoms with van der Waals surface area (Å²) >= 11 is 0. The molecular weight excluding hydrogens is 262 g/mol. The molecule has 21 heavy (non-hydrogen) atoms. The number of anilines is 1. The maximum absolute atomic E-state index is 12.2. The van der Waals surface area contributed by atoms with E-state index in [1.54, 1.807) is 0 Å². The number of likely N-dealkylation sites (N-methyl/N-ethyl adjacent to an activating group) is 1. The molecule has 1 amide bonds. The predicted molar refractivity (Wildman–Crippen MR) is 87.7 cm³/mol. The molecule has 0 bridgehead atoms. The number of benzene rings is 1. The monoisotopic (exact) mass is 289 g/mol. The number of amides is 1. The Kier molecular flexibility index (Phi) is 5.62. The number of nitrogens with zero attached hydrogens (tertiary/aromatic N) is 2. The minimum absolute atomic E-state index is 0.267. The third-order valence-electron chi connectivity index (χ3n) is 4.43. The summed E-state index contributed by atoms with van der Waals surface area (Å²) in [5.41, 5.74) is 3.68. The van der Waals surface area contributed by atoms with Crippen molar-refractivity contribution < 1.29 is 4.79 Å². The molecule has 1 aliphatic heterocycles. The molecule has 1 fully saturated rings. The molecule has 0 aromatic heterocycles. The summed E-state index contributed by atoms with van der Waals surface area (Å²) in [6.07, 6.45) is 0.569. The van der Waals surface area contributed by atoms with Crippen LogP contribution in [0.15, 0.2) is 18.2 Å². The van der Waals surface area contributed by atoms with Crippen LogP contribution in [0, 0.1) is 13.8 Å². The summed E-state index contributed by atoms with van der Waals surface area (Å²) in [6.45, 7) is 11.9. The molecule has 1 aromatic rings. The second kappa shape index (κ2) is 7.46. The Bertz CT molecular complexity index is 479. The van der Waals surface area contributed by atoms with Crippen molar-refractivity contribution in [2.45, 2.75) is 27.2 Å². The lowest BCUT2D eigenvalue weighted by molar-refractivity contribution is -0.132. The van der Waals surface area contributed by atoms with Gasteiger partial charge in [0.15, 0.2) is 0 Å². The minimum atomic E-state index is 0.267. The number of hydrogen-bond donors (Lipinski definition) is 1. The van der Waals surface area contributed by atoms with Crippen LogP contribution >= 0.6 is 0 Å². The van der Waals surface area contributed by atoms with Gasteiger partial charge in [0, 0.05) is 44.8 Å². The zero-order valence-corrected chi connectivity index (χ0v) is 13.5. The van der Waals surface area contributed by atoms with E-state index in [1.807, 2.05) is 4.90 Å². The van der Waals surface area contributed by atoms with Crippen LogP contribution in [0.25, 0.3) is 0 Å². The molecule has 4 heteroatoms. The maximum atomic E-state index is 12.2. The summed E-state index contributed by atoms with van der Waals surface area (Å²) in [4.78, 5) is 16.6. The van der Waals surface area contributed by atoms with E-state index >= 15 is 0 Å². The first-order chi connectivity index (χ1) is 10.1. The van der Waals surface area contributed by atoms with Gasteiger partial charge in [0.25, 0.3) is 0 Å². The molecule has 1 aromatic carbocycles. The summed E-state index contributed by atoms with van der Waals surface area (Å²) < 4.78 is 0. The van der Waals surface area contributed by atoms with Crippen LogP contribution in [0.4, 0.5) is 5.69 Å². The van der Waals surface area contributed by atoms with Gasteiger partial charge in [0.1, 0.15) is 0 Å². The molecular formula is C17H27N3O. The normalized spacial score (nSPS) is 16.0. The minimum Gasteiger partial charge on any atom is -0.384 e. The van der Waals surface area contributed by atoms with Crippen LogP contribution in [0.3, 0.4) is 0 Å². The molecule has 1 heterocycles. The van der Waals surface area contributed by atoms with Crippen molar-refractivity contribution in [3.63, 3.8) is 0 Å². The smallest absolute Gasteiger partial charge is 0.224 e. The Morgan fingerprint density at radius 1 is 1.19 bits per heavy atom. The largest absolute Gasteiger partial charge is 0.384 e. The van der Waals surface area contributed by atoms with Gasteiger partial charge in [-0.1, -0.05) is 19.1 Å². The van der Waals surface area contributed by atoms with Gasteiger partial charge in [0.05, 0.1) is 0 Å². The third-order valence-corrected chi connectivity index (χ3v) is 4.43. The molecule has 1 aliphatic rings. The third kappa shape index (κ3) is 4.21. The Labute approximate surface area is 128 Å². The van der Waals surface area contributed by atoms with E-state index in [2.05, 4.69) is 49.2 Å². The van der Waals surface area contributed by atoms with Gasteiger partial charge in [-0.2, -0.15) is 0 Å². The highest BCUT2D eigenvalue weighted by Crippen LogP contribution is 2.17.